The van der Waals surface area contributed by atoms with Gasteiger partial charge in [0.2, 0.25) is 0 Å². The van der Waals surface area contributed by atoms with E-state index in [9.17, 15) is 10.1 Å². The van der Waals surface area contributed by atoms with E-state index in [0.29, 0.717) is 0 Å². The Bertz CT molecular complexity index is 669. The Hall–Kier alpha value is -3.08. The van der Waals surface area contributed by atoms with Crippen LogP contribution in [-0.2, 0) is 0 Å². The smallest absolute Gasteiger partial charge is 0.294 e. The van der Waals surface area contributed by atoms with Crippen LogP contribution in [0.1, 0.15) is 5.56 Å². The Kier molecular flexibility index (Phi) is 2.57. The summed E-state index contributed by atoms with van der Waals surface area (Å²) in [6.45, 7) is 0. The fourth-order valence-corrected chi connectivity index (χ4v) is 1.54. The Balaban J connectivity index is 2.71. The predicted octanol–water partition coefficient (Wildman–Crippen LogP) is 0.817. The highest BCUT2D eigenvalue weighted by atomic mass is 16.6. The van der Waals surface area contributed by atoms with E-state index in [0.717, 1.165) is 4.68 Å². The van der Waals surface area contributed by atoms with Gasteiger partial charge >= 0.3 is 0 Å². The molecule has 0 atom stereocenters. The second-order valence-corrected chi connectivity index (χ2v) is 3.41. The molecule has 0 radical (unpaired) electrons. The molecule has 8 heteroatoms. The zero-order valence-corrected chi connectivity index (χ0v) is 9.07. The predicted molar refractivity (Wildman–Crippen MR) is 63.8 cm³/mol. The van der Waals surface area contributed by atoms with Crippen molar-refractivity contribution in [3.05, 3.63) is 39.9 Å². The summed E-state index contributed by atoms with van der Waals surface area (Å²) in [4.78, 5) is 10.3. The van der Waals surface area contributed by atoms with Gasteiger partial charge in [-0.3, -0.25) is 10.1 Å². The molecule has 0 aliphatic heterocycles. The second kappa shape index (κ2) is 4.06. The molecule has 0 unspecified atom stereocenters. The molecule has 0 amide bonds. The van der Waals surface area contributed by atoms with E-state index in [1.165, 1.54) is 18.2 Å². The fourth-order valence-electron chi connectivity index (χ4n) is 1.54. The van der Waals surface area contributed by atoms with Gasteiger partial charge in [0.15, 0.2) is 5.82 Å². The summed E-state index contributed by atoms with van der Waals surface area (Å²) in [5.74, 6) is -0.0857. The number of nitrogens with zero attached hydrogens (tertiary/aromatic N) is 4. The molecule has 1 aromatic carbocycles. The number of para-hydroxylation sites is 2. The SMILES string of the molecule is N#Cc1c(N)nn(-c2ccccc2[N+](=O)[O-])c1N. The minimum absolute atomic E-state index is 0.00755. The molecule has 0 saturated heterocycles. The zero-order chi connectivity index (χ0) is 13.3. The molecule has 0 saturated carbocycles. The van der Waals surface area contributed by atoms with Crippen molar-refractivity contribution < 1.29 is 4.92 Å². The van der Waals surface area contributed by atoms with Crippen LogP contribution in [-0.4, -0.2) is 14.7 Å². The minimum atomic E-state index is -0.557. The average molecular weight is 244 g/mol. The van der Waals surface area contributed by atoms with Crippen molar-refractivity contribution in [2.24, 2.45) is 0 Å². The van der Waals surface area contributed by atoms with Crippen molar-refractivity contribution in [3.8, 4) is 11.8 Å². The molecule has 0 bridgehead atoms. The van der Waals surface area contributed by atoms with E-state index < -0.39 is 4.92 Å². The van der Waals surface area contributed by atoms with Crippen LogP contribution in [0.25, 0.3) is 5.69 Å². The largest absolute Gasteiger partial charge is 0.382 e. The van der Waals surface area contributed by atoms with Gasteiger partial charge in [0, 0.05) is 6.07 Å². The molecule has 2 rings (SSSR count). The normalized spacial score (nSPS) is 9.94. The van der Waals surface area contributed by atoms with Gasteiger partial charge in [-0.25, -0.2) is 4.68 Å². The van der Waals surface area contributed by atoms with Gasteiger partial charge in [-0.15, -0.1) is 5.10 Å². The first-order valence-corrected chi connectivity index (χ1v) is 4.84. The number of nitro groups is 1. The molecule has 18 heavy (non-hydrogen) atoms. The van der Waals surface area contributed by atoms with Gasteiger partial charge in [-0.2, -0.15) is 5.26 Å². The molecule has 4 N–H and O–H groups in total. The van der Waals surface area contributed by atoms with Crippen LogP contribution in [0.15, 0.2) is 24.3 Å². The van der Waals surface area contributed by atoms with Crippen molar-refractivity contribution in [1.29, 1.82) is 5.26 Å². The zero-order valence-electron chi connectivity index (χ0n) is 9.07. The number of benzene rings is 1. The lowest BCUT2D eigenvalue weighted by atomic mass is 10.2. The van der Waals surface area contributed by atoms with Gasteiger partial charge in [-0.1, -0.05) is 12.1 Å². The summed E-state index contributed by atoms with van der Waals surface area (Å²) < 4.78 is 1.09. The van der Waals surface area contributed by atoms with Crippen molar-refractivity contribution in [1.82, 2.24) is 9.78 Å². The summed E-state index contributed by atoms with van der Waals surface area (Å²) in [6, 6.07) is 7.72. The van der Waals surface area contributed by atoms with Crippen LogP contribution in [0.5, 0.6) is 0 Å². The molecule has 90 valence electrons. The number of aromatic nitrogens is 2. The second-order valence-electron chi connectivity index (χ2n) is 3.41. The molecule has 1 aromatic heterocycles. The summed E-state index contributed by atoms with van der Waals surface area (Å²) in [6.07, 6.45) is 0. The Morgan fingerprint density at radius 2 is 2.06 bits per heavy atom. The van der Waals surface area contributed by atoms with Crippen LogP contribution >= 0.6 is 0 Å². The van der Waals surface area contributed by atoms with E-state index >= 15 is 0 Å². The first kappa shape index (κ1) is 11.4. The van der Waals surface area contributed by atoms with Crippen molar-refractivity contribution in [2.45, 2.75) is 0 Å². The van der Waals surface area contributed by atoms with Crippen molar-refractivity contribution in [2.75, 3.05) is 11.5 Å². The van der Waals surface area contributed by atoms with Crippen LogP contribution in [0, 0.1) is 21.4 Å². The van der Waals surface area contributed by atoms with Gasteiger partial charge in [0.25, 0.3) is 5.69 Å². The quantitative estimate of drug-likeness (QED) is 0.592. The lowest BCUT2D eigenvalue weighted by Gasteiger charge is -2.04. The number of rotatable bonds is 2. The van der Waals surface area contributed by atoms with Gasteiger partial charge in [0.1, 0.15) is 23.1 Å². The number of anilines is 2. The van der Waals surface area contributed by atoms with Crippen LogP contribution < -0.4 is 11.5 Å². The third-order valence-electron chi connectivity index (χ3n) is 2.37. The van der Waals surface area contributed by atoms with Gasteiger partial charge in [0.05, 0.1) is 4.92 Å². The minimum Gasteiger partial charge on any atom is -0.382 e. The Labute approximate surface area is 101 Å². The number of nitriles is 1. The van der Waals surface area contributed by atoms with Gasteiger partial charge < -0.3 is 11.5 Å². The molecule has 8 nitrogen and oxygen atoms in total. The first-order valence-electron chi connectivity index (χ1n) is 4.84. The summed E-state index contributed by atoms with van der Waals surface area (Å²) >= 11 is 0. The van der Waals surface area contributed by atoms with Crippen molar-refractivity contribution in [3.63, 3.8) is 0 Å². The third-order valence-corrected chi connectivity index (χ3v) is 2.37. The average Bonchev–Trinajstić information content (AvgIpc) is 2.64. The molecule has 2 aromatic rings. The molecule has 0 aliphatic rings. The Morgan fingerprint density at radius 1 is 1.39 bits per heavy atom. The number of hydrogen-bond donors (Lipinski definition) is 2. The van der Waals surface area contributed by atoms with E-state index in [1.807, 2.05) is 0 Å². The molecule has 0 aliphatic carbocycles. The van der Waals surface area contributed by atoms with Crippen molar-refractivity contribution >= 4 is 17.3 Å². The Morgan fingerprint density at radius 3 is 2.61 bits per heavy atom. The van der Waals surface area contributed by atoms with E-state index in [2.05, 4.69) is 5.10 Å². The maximum atomic E-state index is 10.9. The highest BCUT2D eigenvalue weighted by molar-refractivity contribution is 5.66. The topological polar surface area (TPSA) is 137 Å². The maximum Gasteiger partial charge on any atom is 0.294 e. The fraction of sp³-hybridized carbons (Fsp3) is 0. The highest BCUT2D eigenvalue weighted by Crippen LogP contribution is 2.27. The third kappa shape index (κ3) is 1.60. The lowest BCUT2D eigenvalue weighted by molar-refractivity contribution is -0.384. The number of nitrogen functional groups attached to an aromatic ring is 2. The molecular formula is C10H8N6O2. The maximum absolute atomic E-state index is 10.9. The molecule has 1 heterocycles. The summed E-state index contributed by atoms with van der Waals surface area (Å²) in [5.41, 5.74) is 11.2. The highest BCUT2D eigenvalue weighted by Gasteiger charge is 2.20. The van der Waals surface area contributed by atoms with Crippen LogP contribution in [0.2, 0.25) is 0 Å². The number of hydrogen-bond acceptors (Lipinski definition) is 6. The van der Waals surface area contributed by atoms with E-state index in [4.69, 9.17) is 16.7 Å². The van der Waals surface area contributed by atoms with Gasteiger partial charge in [-0.05, 0) is 6.07 Å². The van der Waals surface area contributed by atoms with Crippen LogP contribution in [0.3, 0.4) is 0 Å². The van der Waals surface area contributed by atoms with Crippen LogP contribution in [0.4, 0.5) is 17.3 Å². The number of nitro benzene ring substituents is 1. The summed E-state index contributed by atoms with van der Waals surface area (Å²) in [7, 11) is 0. The lowest BCUT2D eigenvalue weighted by Crippen LogP contribution is -2.05. The first-order chi connectivity index (χ1) is 8.56. The summed E-state index contributed by atoms with van der Waals surface area (Å²) in [5, 5.41) is 23.6. The molecular weight excluding hydrogens is 236 g/mol. The van der Waals surface area contributed by atoms with E-state index in [1.54, 1.807) is 12.1 Å². The monoisotopic (exact) mass is 244 g/mol. The molecule has 0 spiro atoms. The standard InChI is InChI=1S/C10H8N6O2/c11-5-6-9(12)14-15(10(6)13)7-3-1-2-4-8(7)16(17)18/h1-4H,13H2,(H2,12,14). The molecule has 0 fully saturated rings. The number of nitrogens with two attached hydrogens (primary N) is 2. The van der Waals surface area contributed by atoms with E-state index in [-0.39, 0.29) is 28.6 Å².